The zero-order valence-electron chi connectivity index (χ0n) is 15.5. The van der Waals surface area contributed by atoms with Crippen molar-refractivity contribution >= 4 is 53.3 Å². The second kappa shape index (κ2) is 8.31. The van der Waals surface area contributed by atoms with E-state index < -0.39 is 5.91 Å². The van der Waals surface area contributed by atoms with E-state index in [-0.39, 0.29) is 20.9 Å². The van der Waals surface area contributed by atoms with Gasteiger partial charge in [-0.1, -0.05) is 0 Å². The number of carbonyl (C=O) groups excluding carboxylic acids is 2. The first kappa shape index (κ1) is 18.9. The van der Waals surface area contributed by atoms with Crippen molar-refractivity contribution in [1.82, 2.24) is 15.3 Å². The van der Waals surface area contributed by atoms with E-state index in [0.29, 0.717) is 15.9 Å². The topological polar surface area (TPSA) is 84.3 Å². The van der Waals surface area contributed by atoms with Gasteiger partial charge in [0.25, 0.3) is 0 Å². The van der Waals surface area contributed by atoms with Crippen LogP contribution in [0.2, 0.25) is 5.82 Å². The molecule has 2 aromatic carbocycles. The quantitative estimate of drug-likeness (QED) is 0.296. The van der Waals surface area contributed by atoms with Gasteiger partial charge in [0.2, 0.25) is 0 Å². The van der Waals surface area contributed by atoms with Crippen LogP contribution >= 0.6 is 0 Å². The number of carbonyl (C=O) groups is 2. The van der Waals surface area contributed by atoms with Crippen LogP contribution in [-0.4, -0.2) is 41.5 Å². The van der Waals surface area contributed by atoms with E-state index in [1.54, 1.807) is 12.1 Å². The molecule has 0 radical (unpaired) electrons. The number of fused-ring (bicyclic) bond motifs is 2. The summed E-state index contributed by atoms with van der Waals surface area (Å²) in [4.78, 5) is 37.9. The fraction of sp³-hybridized carbons (Fsp3) is 0.0455. The summed E-state index contributed by atoms with van der Waals surface area (Å²) < 4.78 is 0.355. The predicted octanol–water partition coefficient (Wildman–Crippen LogP) is 3.46. The van der Waals surface area contributed by atoms with Crippen LogP contribution in [0.3, 0.4) is 0 Å². The second-order valence-electron chi connectivity index (χ2n) is 6.21. The first-order valence-corrected chi connectivity index (χ1v) is 11.4. The zero-order chi connectivity index (χ0) is 20.2. The molecule has 142 valence electrons. The summed E-state index contributed by atoms with van der Waals surface area (Å²) in [5.41, 5.74) is 2.43. The van der Waals surface area contributed by atoms with Crippen LogP contribution in [0.5, 0.6) is 0 Å². The molecular weight excluding hydrogens is 431 g/mol. The molecule has 2 amide bonds. The minimum absolute atomic E-state index is 0.181. The Hall–Kier alpha value is -3.41. The molecule has 0 aliphatic heterocycles. The van der Waals surface area contributed by atoms with Crippen molar-refractivity contribution in [3.05, 3.63) is 84.2 Å². The summed E-state index contributed by atoms with van der Waals surface area (Å²) in [5.74, 6) is 1.12. The number of para-hydroxylation sites is 2. The summed E-state index contributed by atoms with van der Waals surface area (Å²) in [5, 5.41) is 4.48. The molecule has 7 heteroatoms. The van der Waals surface area contributed by atoms with E-state index in [0.717, 1.165) is 21.8 Å². The van der Waals surface area contributed by atoms with E-state index in [9.17, 15) is 9.59 Å². The molecule has 0 unspecified atom stereocenters. The number of aliphatic imine (C=N–C) groups is 1. The molecule has 6 nitrogen and oxygen atoms in total. The van der Waals surface area contributed by atoms with Crippen molar-refractivity contribution in [3.8, 4) is 0 Å². The number of amides is 2. The Labute approximate surface area is 173 Å². The fourth-order valence-corrected chi connectivity index (χ4v) is 3.61. The number of hydrogen-bond acceptors (Lipinski definition) is 4. The van der Waals surface area contributed by atoms with Crippen LogP contribution in [0.4, 0.5) is 0 Å². The number of aromatic nitrogens is 2. The predicted molar refractivity (Wildman–Crippen MR) is 114 cm³/mol. The Kier molecular flexibility index (Phi) is 5.42. The molecule has 0 saturated carbocycles. The number of nitrogens with one attached hydrogen (secondary N) is 1. The number of hydrogen-bond donors (Lipinski definition) is 1. The average Bonchev–Trinajstić information content (AvgIpc) is 2.77. The Balaban J connectivity index is 1.55. The van der Waals surface area contributed by atoms with E-state index in [2.05, 4.69) is 20.3 Å². The van der Waals surface area contributed by atoms with Crippen molar-refractivity contribution in [2.24, 2.45) is 4.99 Å². The normalized spacial score (nSPS) is 11.6. The van der Waals surface area contributed by atoms with Gasteiger partial charge >= 0.3 is 173 Å². The van der Waals surface area contributed by atoms with Gasteiger partial charge in [-0.25, -0.2) is 0 Å². The Bertz CT molecular complexity index is 1270. The molecule has 0 saturated heterocycles. The van der Waals surface area contributed by atoms with Gasteiger partial charge in [-0.2, -0.15) is 0 Å². The van der Waals surface area contributed by atoms with Gasteiger partial charge in [-0.15, -0.1) is 0 Å². The summed E-state index contributed by atoms with van der Waals surface area (Å²) in [6.45, 7) is 0. The molecule has 29 heavy (non-hydrogen) atoms. The molecule has 0 atom stereocenters. The first-order chi connectivity index (χ1) is 14.1. The van der Waals surface area contributed by atoms with Gasteiger partial charge in [-0.05, 0) is 0 Å². The first-order valence-electron chi connectivity index (χ1n) is 8.82. The number of pyridine rings is 2. The Morgan fingerprint density at radius 2 is 1.41 bits per heavy atom. The van der Waals surface area contributed by atoms with Crippen LogP contribution in [0.1, 0.15) is 20.7 Å². The standard InChI is InChI=1S/C22H16N4O2Se/c1-29-22(25-20(27)16-10-14-6-2-4-8-18(14)23-12-16)26-21(28)17-11-15-7-3-5-9-19(15)24-13-17/h2-13H,1H3,(H,25,26,27,28). The molecular formula is C22H16N4O2Se. The van der Waals surface area contributed by atoms with Crippen molar-refractivity contribution in [2.45, 2.75) is 5.82 Å². The third-order valence-corrected chi connectivity index (χ3v) is 5.52. The van der Waals surface area contributed by atoms with Crippen molar-refractivity contribution in [3.63, 3.8) is 0 Å². The third-order valence-electron chi connectivity index (χ3n) is 4.31. The van der Waals surface area contributed by atoms with Crippen LogP contribution in [0.25, 0.3) is 21.8 Å². The summed E-state index contributed by atoms with van der Waals surface area (Å²) in [6.07, 6.45) is 3.02. The Morgan fingerprint density at radius 1 is 0.862 bits per heavy atom. The van der Waals surface area contributed by atoms with Crippen LogP contribution in [0.15, 0.2) is 78.0 Å². The number of amidine groups is 1. The van der Waals surface area contributed by atoms with E-state index in [1.807, 2.05) is 54.4 Å². The summed E-state index contributed by atoms with van der Waals surface area (Å²) >= 11 is -0.181. The van der Waals surface area contributed by atoms with Gasteiger partial charge in [0.15, 0.2) is 0 Å². The average molecular weight is 447 g/mol. The van der Waals surface area contributed by atoms with Crippen molar-refractivity contribution in [1.29, 1.82) is 0 Å². The van der Waals surface area contributed by atoms with Gasteiger partial charge in [0.05, 0.1) is 0 Å². The third kappa shape index (κ3) is 4.21. The van der Waals surface area contributed by atoms with E-state index >= 15 is 0 Å². The van der Waals surface area contributed by atoms with Gasteiger partial charge in [0.1, 0.15) is 0 Å². The minimum atomic E-state index is -0.432. The van der Waals surface area contributed by atoms with Gasteiger partial charge in [-0.3, -0.25) is 0 Å². The second-order valence-corrected chi connectivity index (χ2v) is 7.88. The molecule has 4 aromatic rings. The SMILES string of the molecule is C[Se]C(=NC(=O)c1cnc2ccccc2c1)NC(=O)c1cnc2ccccc2c1. The molecule has 2 aromatic heterocycles. The van der Waals surface area contributed by atoms with E-state index in [1.165, 1.54) is 12.4 Å². The van der Waals surface area contributed by atoms with Crippen molar-refractivity contribution < 1.29 is 9.59 Å². The molecule has 0 aliphatic carbocycles. The fourth-order valence-electron chi connectivity index (χ4n) is 2.83. The summed E-state index contributed by atoms with van der Waals surface area (Å²) in [6, 6.07) is 18.6. The molecule has 0 aliphatic rings. The van der Waals surface area contributed by atoms with Crippen molar-refractivity contribution in [2.75, 3.05) is 0 Å². The number of nitrogens with zero attached hydrogens (tertiary/aromatic N) is 3. The molecule has 2 heterocycles. The summed E-state index contributed by atoms with van der Waals surface area (Å²) in [7, 11) is 0. The molecule has 1 N–H and O–H groups in total. The molecule has 0 fully saturated rings. The molecule has 0 bridgehead atoms. The Morgan fingerprint density at radius 3 is 2.03 bits per heavy atom. The van der Waals surface area contributed by atoms with Crippen LogP contribution in [-0.2, 0) is 0 Å². The molecule has 0 spiro atoms. The van der Waals surface area contributed by atoms with Gasteiger partial charge in [0, 0.05) is 0 Å². The number of benzene rings is 2. The van der Waals surface area contributed by atoms with Crippen LogP contribution in [0, 0.1) is 0 Å². The monoisotopic (exact) mass is 448 g/mol. The van der Waals surface area contributed by atoms with E-state index in [4.69, 9.17) is 0 Å². The van der Waals surface area contributed by atoms with Crippen LogP contribution < -0.4 is 5.32 Å². The van der Waals surface area contributed by atoms with Gasteiger partial charge < -0.3 is 0 Å². The number of rotatable bonds is 3. The zero-order valence-corrected chi connectivity index (χ0v) is 17.2. The maximum absolute atomic E-state index is 12.6. The maximum atomic E-state index is 12.6. The molecule has 4 rings (SSSR count).